The van der Waals surface area contributed by atoms with Gasteiger partial charge in [-0.2, -0.15) is 0 Å². The first kappa shape index (κ1) is 19.8. The number of amides is 1. The lowest BCUT2D eigenvalue weighted by atomic mass is 9.87. The van der Waals surface area contributed by atoms with Gasteiger partial charge >= 0.3 is 0 Å². The first-order valence-electron chi connectivity index (χ1n) is 10.0. The van der Waals surface area contributed by atoms with Crippen molar-refractivity contribution in [2.24, 2.45) is 5.92 Å². The summed E-state index contributed by atoms with van der Waals surface area (Å²) < 4.78 is 24.9. The smallest absolute Gasteiger partial charge is 0.233 e. The minimum Gasteiger partial charge on any atom is -0.310 e. The topological polar surface area (TPSA) is 93.2 Å². The van der Waals surface area contributed by atoms with Gasteiger partial charge in [-0.1, -0.05) is 18.2 Å². The summed E-state index contributed by atoms with van der Waals surface area (Å²) in [5.74, 6) is 0.214. The van der Waals surface area contributed by atoms with Gasteiger partial charge in [0.15, 0.2) is 9.84 Å². The number of sulfone groups is 1. The van der Waals surface area contributed by atoms with E-state index in [0.29, 0.717) is 30.0 Å². The Morgan fingerprint density at radius 3 is 2.45 bits per heavy atom. The molecule has 2 unspecified atom stereocenters. The number of aromatic nitrogens is 1. The normalized spacial score (nSPS) is 20.4. The Bertz CT molecular complexity index is 999. The van der Waals surface area contributed by atoms with Gasteiger partial charge in [-0.05, 0) is 61.4 Å². The van der Waals surface area contributed by atoms with Crippen molar-refractivity contribution in [1.29, 1.82) is 0 Å². The van der Waals surface area contributed by atoms with Crippen molar-refractivity contribution in [3.8, 4) is 0 Å². The van der Waals surface area contributed by atoms with Crippen molar-refractivity contribution in [3.63, 3.8) is 0 Å². The fourth-order valence-electron chi connectivity index (χ4n) is 3.93. The zero-order valence-corrected chi connectivity index (χ0v) is 16.9. The molecule has 2 fully saturated rings. The lowest BCUT2D eigenvalue weighted by molar-refractivity contribution is -0.119. The van der Waals surface area contributed by atoms with Crippen LogP contribution >= 0.6 is 0 Å². The number of benzene rings is 1. The van der Waals surface area contributed by atoms with Gasteiger partial charge in [-0.3, -0.25) is 9.59 Å². The summed E-state index contributed by atoms with van der Waals surface area (Å²) in [7, 11) is -3.26. The van der Waals surface area contributed by atoms with Gasteiger partial charge in [0.05, 0.1) is 16.1 Å². The number of carbonyl (C=O) groups excluding carboxylic acids is 2. The van der Waals surface area contributed by atoms with Crippen LogP contribution in [0.4, 0.5) is 5.82 Å². The Labute approximate surface area is 170 Å². The molecule has 7 heteroatoms. The number of nitrogens with zero attached hydrogens (tertiary/aromatic N) is 1. The molecule has 1 aromatic heterocycles. The second-order valence-corrected chi connectivity index (χ2v) is 10.2. The van der Waals surface area contributed by atoms with Gasteiger partial charge in [0.1, 0.15) is 11.6 Å². The number of rotatable bonds is 7. The Morgan fingerprint density at radius 1 is 1.10 bits per heavy atom. The Hall–Kier alpha value is -2.54. The molecule has 0 bridgehead atoms. The lowest BCUT2D eigenvalue weighted by Crippen LogP contribution is -2.23. The highest BCUT2D eigenvalue weighted by atomic mass is 32.2. The Balaban J connectivity index is 1.57. The van der Waals surface area contributed by atoms with Crippen molar-refractivity contribution in [2.75, 3.05) is 5.32 Å². The molecular weight excluding hydrogens is 388 g/mol. The van der Waals surface area contributed by atoms with Gasteiger partial charge in [0.2, 0.25) is 5.91 Å². The van der Waals surface area contributed by atoms with Gasteiger partial charge < -0.3 is 5.32 Å². The van der Waals surface area contributed by atoms with Crippen LogP contribution in [-0.4, -0.2) is 30.3 Å². The average Bonchev–Trinajstić information content (AvgIpc) is 3.50. The summed E-state index contributed by atoms with van der Waals surface area (Å²) in [6.45, 7) is 0. The lowest BCUT2D eigenvalue weighted by Gasteiger charge is -2.20. The molecule has 2 aliphatic carbocycles. The number of carbonyl (C=O) groups is 2. The van der Waals surface area contributed by atoms with Crippen molar-refractivity contribution in [1.82, 2.24) is 4.98 Å². The van der Waals surface area contributed by atoms with Crippen molar-refractivity contribution >= 4 is 27.3 Å². The van der Waals surface area contributed by atoms with E-state index in [-0.39, 0.29) is 22.9 Å². The van der Waals surface area contributed by atoms with Crippen LogP contribution in [-0.2, 0) is 19.4 Å². The fraction of sp³-hybridized carbons (Fsp3) is 0.409. The molecule has 6 nitrogen and oxygen atoms in total. The maximum absolute atomic E-state index is 13.0. The standard InChI is InChI=1S/C22H24N2O4S/c25-17-7-4-15(13-17)14-20(22(26)24-21-3-1-2-12-23-21)16-5-8-18(9-6-16)29(27,28)19-10-11-19/h1-3,5-6,8-9,12,15,19-20H,4,7,10-11,13-14H2,(H,23,24,26). The molecule has 2 aromatic rings. The predicted molar refractivity (Wildman–Crippen MR) is 109 cm³/mol. The average molecular weight is 413 g/mol. The van der Waals surface area contributed by atoms with E-state index >= 15 is 0 Å². The molecule has 0 saturated heterocycles. The van der Waals surface area contributed by atoms with Crippen LogP contribution in [0.5, 0.6) is 0 Å². The second-order valence-electron chi connectivity index (χ2n) is 7.95. The molecule has 29 heavy (non-hydrogen) atoms. The van der Waals surface area contributed by atoms with Crippen molar-refractivity contribution in [2.45, 2.75) is 54.6 Å². The zero-order chi connectivity index (χ0) is 20.4. The quantitative estimate of drug-likeness (QED) is 0.751. The van der Waals surface area contributed by atoms with E-state index in [2.05, 4.69) is 10.3 Å². The maximum Gasteiger partial charge on any atom is 0.233 e. The molecule has 1 N–H and O–H groups in total. The molecule has 0 aliphatic heterocycles. The van der Waals surface area contributed by atoms with Crippen LogP contribution in [0.3, 0.4) is 0 Å². The third-order valence-electron chi connectivity index (χ3n) is 5.72. The van der Waals surface area contributed by atoms with Crippen LogP contribution in [0.25, 0.3) is 0 Å². The number of Topliss-reactive ketones (excluding diaryl/α,β-unsaturated/α-hetero) is 1. The van der Waals surface area contributed by atoms with Crippen LogP contribution < -0.4 is 5.32 Å². The summed E-state index contributed by atoms with van der Waals surface area (Å²) in [5, 5.41) is 2.58. The van der Waals surface area contributed by atoms with Crippen LogP contribution in [0, 0.1) is 5.92 Å². The summed E-state index contributed by atoms with van der Waals surface area (Å²) in [5.41, 5.74) is 0.757. The molecule has 1 amide bonds. The first-order chi connectivity index (χ1) is 13.9. The van der Waals surface area contributed by atoms with Gasteiger partial charge in [-0.25, -0.2) is 13.4 Å². The third-order valence-corrected chi connectivity index (χ3v) is 8.00. The number of hydrogen-bond acceptors (Lipinski definition) is 5. The van der Waals surface area contributed by atoms with Gasteiger partial charge in [0.25, 0.3) is 0 Å². The van der Waals surface area contributed by atoms with Crippen molar-refractivity contribution < 1.29 is 18.0 Å². The van der Waals surface area contributed by atoms with E-state index < -0.39 is 15.8 Å². The first-order valence-corrected chi connectivity index (χ1v) is 11.6. The van der Waals surface area contributed by atoms with Crippen LogP contribution in [0.15, 0.2) is 53.6 Å². The largest absolute Gasteiger partial charge is 0.310 e. The molecule has 4 rings (SSSR count). The van der Waals surface area contributed by atoms with Crippen LogP contribution in [0.1, 0.15) is 50.0 Å². The van der Waals surface area contributed by atoms with Gasteiger partial charge in [-0.15, -0.1) is 0 Å². The highest BCUT2D eigenvalue weighted by Crippen LogP contribution is 2.36. The number of anilines is 1. The fourth-order valence-corrected chi connectivity index (χ4v) is 5.59. The molecule has 1 aromatic carbocycles. The van der Waals surface area contributed by atoms with Crippen molar-refractivity contribution in [3.05, 3.63) is 54.2 Å². The monoisotopic (exact) mass is 412 g/mol. The number of hydrogen-bond donors (Lipinski definition) is 1. The van der Waals surface area contributed by atoms with E-state index in [1.54, 1.807) is 48.7 Å². The minimum absolute atomic E-state index is 0.164. The number of pyridine rings is 1. The highest BCUT2D eigenvalue weighted by molar-refractivity contribution is 7.92. The van der Waals surface area contributed by atoms with Gasteiger partial charge in [0, 0.05) is 19.0 Å². The molecular formula is C22H24N2O4S. The number of nitrogens with one attached hydrogen (secondary N) is 1. The summed E-state index contributed by atoms with van der Waals surface area (Å²) >= 11 is 0. The summed E-state index contributed by atoms with van der Waals surface area (Å²) in [6.07, 6.45) is 5.46. The van der Waals surface area contributed by atoms with E-state index in [0.717, 1.165) is 24.8 Å². The highest BCUT2D eigenvalue weighted by Gasteiger charge is 2.37. The third kappa shape index (κ3) is 4.56. The minimum atomic E-state index is -3.26. The molecule has 1 heterocycles. The SMILES string of the molecule is O=C1CCC(CC(C(=O)Nc2ccccn2)c2ccc(S(=O)(=O)C3CC3)cc2)C1. The molecule has 0 radical (unpaired) electrons. The van der Waals surface area contributed by atoms with E-state index in [4.69, 9.17) is 0 Å². The molecule has 2 aliphatic rings. The second kappa shape index (κ2) is 8.06. The Kier molecular flexibility index (Phi) is 5.50. The molecule has 152 valence electrons. The molecule has 2 saturated carbocycles. The molecule has 2 atom stereocenters. The summed E-state index contributed by atoms with van der Waals surface area (Å²) in [6, 6.07) is 12.0. The maximum atomic E-state index is 13.0. The van der Waals surface area contributed by atoms with E-state index in [9.17, 15) is 18.0 Å². The zero-order valence-electron chi connectivity index (χ0n) is 16.1. The Morgan fingerprint density at radius 2 is 1.86 bits per heavy atom. The van der Waals surface area contributed by atoms with E-state index in [1.165, 1.54) is 0 Å². The summed E-state index contributed by atoms with van der Waals surface area (Å²) in [4.78, 5) is 29.2. The molecule has 0 spiro atoms. The van der Waals surface area contributed by atoms with Crippen LogP contribution in [0.2, 0.25) is 0 Å². The predicted octanol–water partition coefficient (Wildman–Crippen LogP) is 3.50. The number of ketones is 1. The van der Waals surface area contributed by atoms with E-state index in [1.807, 2.05) is 0 Å².